The van der Waals surface area contributed by atoms with Gasteiger partial charge < -0.3 is 19.7 Å². The summed E-state index contributed by atoms with van der Waals surface area (Å²) >= 11 is 0. The molecule has 1 amide bonds. The number of methoxy groups -OCH3 is 1. The third kappa shape index (κ3) is 3.13. The van der Waals surface area contributed by atoms with E-state index in [1.165, 1.54) is 16.6 Å². The van der Waals surface area contributed by atoms with Crippen molar-refractivity contribution >= 4 is 16.8 Å². The van der Waals surface area contributed by atoms with E-state index >= 15 is 0 Å². The summed E-state index contributed by atoms with van der Waals surface area (Å²) in [6, 6.07) is 8.34. The molecule has 0 bridgehead atoms. The number of nitrogens with zero attached hydrogens (tertiary/aromatic N) is 2. The number of amides is 1. The van der Waals surface area contributed by atoms with E-state index in [1.807, 2.05) is 6.07 Å². The Morgan fingerprint density at radius 2 is 2.15 bits per heavy atom. The van der Waals surface area contributed by atoms with Crippen LogP contribution in [0.4, 0.5) is 0 Å². The van der Waals surface area contributed by atoms with E-state index in [0.717, 1.165) is 31.4 Å². The molecule has 2 aliphatic heterocycles. The number of likely N-dealkylation sites (tertiary alicyclic amines) is 1. The number of rotatable bonds is 5. The zero-order valence-corrected chi connectivity index (χ0v) is 15.3. The predicted molar refractivity (Wildman–Crippen MR) is 99.9 cm³/mol. The second-order valence-electron chi connectivity index (χ2n) is 7.51. The summed E-state index contributed by atoms with van der Waals surface area (Å²) in [6.07, 6.45) is 2.28. The number of hydrogen-bond acceptors (Lipinski definition) is 4. The van der Waals surface area contributed by atoms with E-state index in [2.05, 4.69) is 28.1 Å². The standard InChI is InChI=1S/C20H27N3O3/c1-26-12-11-23-9-4-8-20(25,19(23)24)14-22-10-7-18-16(13-22)15-5-2-3-6-17(15)21-18/h2-3,5-6,21,25H,4,7-14H2,1H3. The Labute approximate surface area is 153 Å². The molecular weight excluding hydrogens is 330 g/mol. The highest BCUT2D eigenvalue weighted by molar-refractivity contribution is 5.86. The average Bonchev–Trinajstić information content (AvgIpc) is 3.01. The lowest BCUT2D eigenvalue weighted by Crippen LogP contribution is -2.59. The monoisotopic (exact) mass is 357 g/mol. The molecule has 1 aromatic heterocycles. The summed E-state index contributed by atoms with van der Waals surface area (Å²) in [6.45, 7) is 3.78. The maximum atomic E-state index is 12.8. The second kappa shape index (κ2) is 7.02. The summed E-state index contributed by atoms with van der Waals surface area (Å²) in [7, 11) is 1.63. The van der Waals surface area contributed by atoms with Crippen LogP contribution >= 0.6 is 0 Å². The third-order valence-electron chi connectivity index (χ3n) is 5.72. The van der Waals surface area contributed by atoms with Gasteiger partial charge in [0.05, 0.1) is 6.61 Å². The van der Waals surface area contributed by atoms with Crippen LogP contribution < -0.4 is 0 Å². The highest BCUT2D eigenvalue weighted by Crippen LogP contribution is 2.30. The van der Waals surface area contributed by atoms with E-state index < -0.39 is 5.60 Å². The van der Waals surface area contributed by atoms with Crippen molar-refractivity contribution in [1.82, 2.24) is 14.8 Å². The lowest BCUT2D eigenvalue weighted by molar-refractivity contribution is -0.160. The summed E-state index contributed by atoms with van der Waals surface area (Å²) in [5.74, 6) is -0.148. The van der Waals surface area contributed by atoms with E-state index in [0.29, 0.717) is 32.7 Å². The number of carbonyl (C=O) groups excluding carboxylic acids is 1. The smallest absolute Gasteiger partial charge is 0.255 e. The first kappa shape index (κ1) is 17.5. The van der Waals surface area contributed by atoms with Gasteiger partial charge in [0.1, 0.15) is 0 Å². The molecule has 0 radical (unpaired) electrons. The van der Waals surface area contributed by atoms with Crippen molar-refractivity contribution in [3.63, 3.8) is 0 Å². The summed E-state index contributed by atoms with van der Waals surface area (Å²) in [5.41, 5.74) is 2.47. The molecule has 0 spiro atoms. The molecule has 1 unspecified atom stereocenters. The molecule has 2 N–H and O–H groups in total. The van der Waals surface area contributed by atoms with Crippen molar-refractivity contribution in [3.05, 3.63) is 35.5 Å². The van der Waals surface area contributed by atoms with Gasteiger partial charge >= 0.3 is 0 Å². The van der Waals surface area contributed by atoms with Crippen LogP contribution in [0.25, 0.3) is 10.9 Å². The normalized spacial score (nSPS) is 24.2. The van der Waals surface area contributed by atoms with Crippen molar-refractivity contribution in [2.45, 2.75) is 31.4 Å². The van der Waals surface area contributed by atoms with Crippen molar-refractivity contribution in [1.29, 1.82) is 0 Å². The summed E-state index contributed by atoms with van der Waals surface area (Å²) < 4.78 is 5.09. The summed E-state index contributed by atoms with van der Waals surface area (Å²) in [5, 5.41) is 12.3. The van der Waals surface area contributed by atoms with Gasteiger partial charge in [0.15, 0.2) is 5.60 Å². The lowest BCUT2D eigenvalue weighted by Gasteiger charge is -2.41. The van der Waals surface area contributed by atoms with Crippen LogP contribution in [-0.2, 0) is 22.5 Å². The quantitative estimate of drug-likeness (QED) is 0.851. The number of para-hydroxylation sites is 1. The number of hydrogen-bond donors (Lipinski definition) is 2. The molecule has 0 saturated carbocycles. The molecule has 3 heterocycles. The Morgan fingerprint density at radius 1 is 1.31 bits per heavy atom. The van der Waals surface area contributed by atoms with Crippen LogP contribution in [0, 0.1) is 0 Å². The number of carbonyl (C=O) groups is 1. The number of ether oxygens (including phenoxy) is 1. The number of aliphatic hydroxyl groups is 1. The van der Waals surface area contributed by atoms with Crippen molar-refractivity contribution < 1.29 is 14.6 Å². The molecule has 26 heavy (non-hydrogen) atoms. The number of nitrogens with one attached hydrogen (secondary N) is 1. The number of aromatic nitrogens is 1. The van der Waals surface area contributed by atoms with Gasteiger partial charge in [-0.3, -0.25) is 9.69 Å². The van der Waals surface area contributed by atoms with Crippen LogP contribution in [0.15, 0.2) is 24.3 Å². The molecule has 0 aliphatic carbocycles. The van der Waals surface area contributed by atoms with Crippen LogP contribution in [-0.4, -0.2) is 71.3 Å². The first-order chi connectivity index (χ1) is 12.6. The number of aromatic amines is 1. The minimum absolute atomic E-state index is 0.148. The Hall–Kier alpha value is -1.89. The molecule has 4 rings (SSSR count). The molecular formula is C20H27N3O3. The van der Waals surface area contributed by atoms with Gasteiger partial charge in [0.25, 0.3) is 5.91 Å². The highest BCUT2D eigenvalue weighted by Gasteiger charge is 2.43. The highest BCUT2D eigenvalue weighted by atomic mass is 16.5. The fourth-order valence-corrected chi connectivity index (χ4v) is 4.35. The first-order valence-corrected chi connectivity index (χ1v) is 9.42. The van der Waals surface area contributed by atoms with Crippen LogP contribution in [0.5, 0.6) is 0 Å². The Kier molecular flexibility index (Phi) is 4.73. The fourth-order valence-electron chi connectivity index (χ4n) is 4.35. The molecule has 1 aromatic carbocycles. The molecule has 1 atom stereocenters. The number of benzene rings is 1. The molecule has 2 aromatic rings. The Balaban J connectivity index is 1.49. The van der Waals surface area contributed by atoms with Crippen LogP contribution in [0.3, 0.4) is 0 Å². The van der Waals surface area contributed by atoms with Gasteiger partial charge in [-0.2, -0.15) is 0 Å². The number of fused-ring (bicyclic) bond motifs is 3. The SMILES string of the molecule is COCCN1CCCC(O)(CN2CCc3[nH]c4ccccc4c3C2)C1=O. The number of β-amino-alcohol motifs (C(OH)–C–C–N with tert-alkyl or cyclic N) is 1. The van der Waals surface area contributed by atoms with E-state index in [1.54, 1.807) is 12.0 Å². The predicted octanol–water partition coefficient (Wildman–Crippen LogP) is 1.53. The maximum absolute atomic E-state index is 12.8. The second-order valence-corrected chi connectivity index (χ2v) is 7.51. The van der Waals surface area contributed by atoms with Crippen LogP contribution in [0.2, 0.25) is 0 Å². The van der Waals surface area contributed by atoms with Gasteiger partial charge in [-0.25, -0.2) is 0 Å². The zero-order valence-electron chi connectivity index (χ0n) is 15.3. The van der Waals surface area contributed by atoms with E-state index in [-0.39, 0.29) is 5.91 Å². The summed E-state index contributed by atoms with van der Waals surface area (Å²) in [4.78, 5) is 20.3. The topological polar surface area (TPSA) is 68.8 Å². The molecule has 1 fully saturated rings. The molecule has 6 nitrogen and oxygen atoms in total. The largest absolute Gasteiger partial charge is 0.383 e. The number of H-pyrrole nitrogens is 1. The zero-order chi connectivity index (χ0) is 18.1. The first-order valence-electron chi connectivity index (χ1n) is 9.42. The number of piperidine rings is 1. The molecule has 2 aliphatic rings. The van der Waals surface area contributed by atoms with Gasteiger partial charge in [-0.05, 0) is 24.5 Å². The minimum atomic E-state index is -1.28. The lowest BCUT2D eigenvalue weighted by atomic mass is 9.90. The van der Waals surface area contributed by atoms with Crippen molar-refractivity contribution in [2.75, 3.05) is 39.9 Å². The molecule has 1 saturated heterocycles. The fraction of sp³-hybridized carbons (Fsp3) is 0.550. The van der Waals surface area contributed by atoms with E-state index in [9.17, 15) is 9.90 Å². The van der Waals surface area contributed by atoms with Gasteiger partial charge in [0.2, 0.25) is 0 Å². The van der Waals surface area contributed by atoms with Crippen molar-refractivity contribution in [3.8, 4) is 0 Å². The molecule has 140 valence electrons. The van der Waals surface area contributed by atoms with E-state index in [4.69, 9.17) is 4.74 Å². The van der Waals surface area contributed by atoms with Crippen LogP contribution in [0.1, 0.15) is 24.1 Å². The van der Waals surface area contributed by atoms with Gasteiger partial charge in [-0.1, -0.05) is 18.2 Å². The van der Waals surface area contributed by atoms with Gasteiger partial charge in [0, 0.05) is 62.9 Å². The van der Waals surface area contributed by atoms with Gasteiger partial charge in [-0.15, -0.1) is 0 Å². The molecule has 6 heteroatoms. The average molecular weight is 357 g/mol. The van der Waals surface area contributed by atoms with Crippen molar-refractivity contribution in [2.24, 2.45) is 0 Å². The minimum Gasteiger partial charge on any atom is -0.383 e. The maximum Gasteiger partial charge on any atom is 0.255 e. The Bertz CT molecular complexity index is 803. The third-order valence-corrected chi connectivity index (χ3v) is 5.72. The Morgan fingerprint density at radius 3 is 3.00 bits per heavy atom.